The number of carbonyl (C=O) groups excluding carboxylic acids is 1. The molecule has 12 heteroatoms. The van der Waals surface area contributed by atoms with Crippen LogP contribution in [0.2, 0.25) is 0 Å². The molecular formula is C19H24N6O3S3. The minimum atomic E-state index is -3.51. The van der Waals surface area contributed by atoms with Gasteiger partial charge in [-0.05, 0) is 31.2 Å². The summed E-state index contributed by atoms with van der Waals surface area (Å²) in [6.07, 6.45) is 1.63. The fraction of sp³-hybridized carbons (Fsp3) is 0.368. The Hall–Kier alpha value is -2.28. The van der Waals surface area contributed by atoms with Gasteiger partial charge >= 0.3 is 0 Å². The molecule has 0 aliphatic rings. The molecule has 0 radical (unpaired) electrons. The van der Waals surface area contributed by atoms with Crippen LogP contribution >= 0.6 is 23.1 Å². The predicted octanol–water partition coefficient (Wildman–Crippen LogP) is 3.18. The lowest BCUT2D eigenvalue weighted by Gasteiger charge is -2.18. The number of benzene rings is 1. The van der Waals surface area contributed by atoms with Gasteiger partial charge in [-0.25, -0.2) is 13.4 Å². The zero-order chi connectivity index (χ0) is 22.4. The number of thiazole rings is 1. The van der Waals surface area contributed by atoms with E-state index in [4.69, 9.17) is 0 Å². The largest absolute Gasteiger partial charge is 0.302 e. The standard InChI is InChI=1S/C19H24N6O3S3/c1-4-24(5-2)31(27,28)15-9-7-14(8-10-15)17-22-23-19(25(17)6-3)30-13-16(26)21-18-20-11-12-29-18/h7-12H,4-6,13H2,1-3H3,(H,20,21,26). The topological polar surface area (TPSA) is 110 Å². The molecule has 0 atom stereocenters. The number of rotatable bonds is 10. The van der Waals surface area contributed by atoms with Gasteiger partial charge in [-0.3, -0.25) is 4.79 Å². The first kappa shape index (κ1) is 23.4. The second-order valence-electron chi connectivity index (χ2n) is 6.34. The molecule has 166 valence electrons. The number of hydrogen-bond donors (Lipinski definition) is 1. The molecule has 1 aromatic carbocycles. The first-order valence-corrected chi connectivity index (χ1v) is 13.1. The summed E-state index contributed by atoms with van der Waals surface area (Å²) in [5.74, 6) is 0.633. The molecule has 0 saturated heterocycles. The van der Waals surface area contributed by atoms with Gasteiger partial charge in [0.15, 0.2) is 16.1 Å². The van der Waals surface area contributed by atoms with Crippen molar-refractivity contribution in [3.8, 4) is 11.4 Å². The van der Waals surface area contributed by atoms with Crippen LogP contribution < -0.4 is 5.32 Å². The number of amides is 1. The Kier molecular flexibility index (Phi) is 7.81. The monoisotopic (exact) mass is 480 g/mol. The SMILES string of the molecule is CCN(CC)S(=O)(=O)c1ccc(-c2nnc(SCC(=O)Nc3nccs3)n2CC)cc1. The Morgan fingerprint density at radius 3 is 2.45 bits per heavy atom. The zero-order valence-corrected chi connectivity index (χ0v) is 19.9. The average Bonchev–Trinajstić information content (AvgIpc) is 3.42. The van der Waals surface area contributed by atoms with Crippen molar-refractivity contribution in [2.75, 3.05) is 24.2 Å². The molecule has 0 aliphatic carbocycles. The number of nitrogens with zero attached hydrogens (tertiary/aromatic N) is 5. The van der Waals surface area contributed by atoms with Gasteiger partial charge < -0.3 is 9.88 Å². The summed E-state index contributed by atoms with van der Waals surface area (Å²) in [6, 6.07) is 6.64. The van der Waals surface area contributed by atoms with Crippen LogP contribution in [0, 0.1) is 0 Å². The van der Waals surface area contributed by atoms with E-state index < -0.39 is 10.0 Å². The lowest BCUT2D eigenvalue weighted by atomic mass is 10.2. The van der Waals surface area contributed by atoms with Crippen LogP contribution in [0.25, 0.3) is 11.4 Å². The predicted molar refractivity (Wildman–Crippen MR) is 123 cm³/mol. The van der Waals surface area contributed by atoms with Gasteiger partial charge in [0.2, 0.25) is 15.9 Å². The summed E-state index contributed by atoms with van der Waals surface area (Å²) in [7, 11) is -3.51. The second-order valence-corrected chi connectivity index (χ2v) is 10.1. The maximum Gasteiger partial charge on any atom is 0.243 e. The quantitative estimate of drug-likeness (QED) is 0.444. The molecule has 0 unspecified atom stereocenters. The van der Waals surface area contributed by atoms with Gasteiger partial charge in [-0.2, -0.15) is 4.31 Å². The van der Waals surface area contributed by atoms with E-state index in [-0.39, 0.29) is 16.6 Å². The lowest BCUT2D eigenvalue weighted by molar-refractivity contribution is -0.113. The number of anilines is 1. The Labute approximate surface area is 190 Å². The Balaban J connectivity index is 1.75. The van der Waals surface area contributed by atoms with E-state index in [0.717, 1.165) is 5.56 Å². The van der Waals surface area contributed by atoms with Crippen molar-refractivity contribution in [3.05, 3.63) is 35.8 Å². The summed E-state index contributed by atoms with van der Waals surface area (Å²) in [5, 5.41) is 14.2. The van der Waals surface area contributed by atoms with Gasteiger partial charge in [-0.15, -0.1) is 21.5 Å². The maximum atomic E-state index is 12.7. The van der Waals surface area contributed by atoms with E-state index in [1.807, 2.05) is 25.3 Å². The van der Waals surface area contributed by atoms with Crippen LogP contribution in [0.5, 0.6) is 0 Å². The average molecular weight is 481 g/mol. The van der Waals surface area contributed by atoms with Crippen LogP contribution in [0.1, 0.15) is 20.8 Å². The third-order valence-electron chi connectivity index (χ3n) is 4.50. The van der Waals surface area contributed by atoms with Crippen molar-refractivity contribution in [1.29, 1.82) is 0 Å². The van der Waals surface area contributed by atoms with Crippen LogP contribution in [-0.2, 0) is 21.4 Å². The third-order valence-corrected chi connectivity index (χ3v) is 8.22. The molecule has 1 amide bonds. The first-order chi connectivity index (χ1) is 14.9. The van der Waals surface area contributed by atoms with Crippen LogP contribution in [-0.4, -0.2) is 57.2 Å². The third kappa shape index (κ3) is 5.32. The van der Waals surface area contributed by atoms with E-state index in [0.29, 0.717) is 35.7 Å². The van der Waals surface area contributed by atoms with Gasteiger partial charge in [-0.1, -0.05) is 25.6 Å². The molecule has 9 nitrogen and oxygen atoms in total. The highest BCUT2D eigenvalue weighted by atomic mass is 32.2. The number of thioether (sulfide) groups is 1. The molecule has 0 fully saturated rings. The van der Waals surface area contributed by atoms with Crippen molar-refractivity contribution in [1.82, 2.24) is 24.1 Å². The summed E-state index contributed by atoms with van der Waals surface area (Å²) in [4.78, 5) is 16.4. The molecule has 2 heterocycles. The van der Waals surface area contributed by atoms with E-state index in [2.05, 4.69) is 20.5 Å². The molecular weight excluding hydrogens is 456 g/mol. The van der Waals surface area contributed by atoms with E-state index in [1.165, 1.54) is 27.4 Å². The highest BCUT2D eigenvalue weighted by molar-refractivity contribution is 7.99. The van der Waals surface area contributed by atoms with Gasteiger partial charge in [0, 0.05) is 36.8 Å². The molecule has 2 aromatic heterocycles. The smallest absolute Gasteiger partial charge is 0.243 e. The molecule has 1 N–H and O–H groups in total. The van der Waals surface area contributed by atoms with E-state index in [1.54, 1.807) is 35.8 Å². The minimum Gasteiger partial charge on any atom is -0.302 e. The van der Waals surface area contributed by atoms with Crippen LogP contribution in [0.4, 0.5) is 5.13 Å². The lowest BCUT2D eigenvalue weighted by Crippen LogP contribution is -2.30. The van der Waals surface area contributed by atoms with Gasteiger partial charge in [0.05, 0.1) is 10.6 Å². The Morgan fingerprint density at radius 2 is 1.87 bits per heavy atom. The number of carbonyl (C=O) groups is 1. The number of aromatic nitrogens is 4. The summed E-state index contributed by atoms with van der Waals surface area (Å²) in [6.45, 7) is 7.04. The molecule has 0 saturated carbocycles. The normalized spacial score (nSPS) is 11.7. The van der Waals surface area contributed by atoms with Gasteiger partial charge in [0.1, 0.15) is 0 Å². The van der Waals surface area contributed by atoms with E-state index in [9.17, 15) is 13.2 Å². The molecule has 3 rings (SSSR count). The number of hydrogen-bond acceptors (Lipinski definition) is 8. The fourth-order valence-electron chi connectivity index (χ4n) is 2.95. The summed E-state index contributed by atoms with van der Waals surface area (Å²) >= 11 is 2.64. The van der Waals surface area contributed by atoms with Crippen molar-refractivity contribution < 1.29 is 13.2 Å². The molecule has 31 heavy (non-hydrogen) atoms. The number of nitrogens with one attached hydrogen (secondary N) is 1. The Bertz CT molecular complexity index is 1110. The van der Waals surface area contributed by atoms with Crippen LogP contribution in [0.3, 0.4) is 0 Å². The van der Waals surface area contributed by atoms with Crippen molar-refractivity contribution in [3.63, 3.8) is 0 Å². The van der Waals surface area contributed by atoms with Crippen molar-refractivity contribution in [2.45, 2.75) is 37.4 Å². The molecule has 0 bridgehead atoms. The first-order valence-electron chi connectivity index (χ1n) is 9.76. The minimum absolute atomic E-state index is 0.168. The zero-order valence-electron chi connectivity index (χ0n) is 17.5. The fourth-order valence-corrected chi connectivity index (χ4v) is 5.76. The summed E-state index contributed by atoms with van der Waals surface area (Å²) in [5.41, 5.74) is 0.756. The maximum absolute atomic E-state index is 12.7. The van der Waals surface area contributed by atoms with Crippen LogP contribution in [0.15, 0.2) is 45.9 Å². The molecule has 0 spiro atoms. The highest BCUT2D eigenvalue weighted by Crippen LogP contribution is 2.26. The second kappa shape index (κ2) is 10.4. The van der Waals surface area contributed by atoms with Crippen molar-refractivity contribution in [2.24, 2.45) is 0 Å². The van der Waals surface area contributed by atoms with Gasteiger partial charge in [0.25, 0.3) is 0 Å². The number of sulfonamides is 1. The highest BCUT2D eigenvalue weighted by Gasteiger charge is 2.22. The molecule has 3 aromatic rings. The van der Waals surface area contributed by atoms with E-state index >= 15 is 0 Å². The van der Waals surface area contributed by atoms with Crippen molar-refractivity contribution >= 4 is 44.2 Å². The Morgan fingerprint density at radius 1 is 1.16 bits per heavy atom. The molecule has 0 aliphatic heterocycles. The summed E-state index contributed by atoms with van der Waals surface area (Å²) < 4.78 is 28.7.